The first-order valence-corrected chi connectivity index (χ1v) is 6.55. The van der Waals surface area contributed by atoms with Gasteiger partial charge in [-0.3, -0.25) is 14.9 Å². The monoisotopic (exact) mass is 290 g/mol. The molecule has 0 aromatic carbocycles. The van der Waals surface area contributed by atoms with E-state index in [0.717, 1.165) is 25.1 Å². The van der Waals surface area contributed by atoms with Gasteiger partial charge in [0.15, 0.2) is 0 Å². The molecule has 1 aliphatic rings. The third kappa shape index (κ3) is 3.45. The Labute approximate surface area is 120 Å². The van der Waals surface area contributed by atoms with Crippen LogP contribution in [0, 0.1) is 27.4 Å². The predicted molar refractivity (Wildman–Crippen MR) is 72.6 cm³/mol. The Kier molecular flexibility index (Phi) is 4.33. The fraction of sp³-hybridized carbons (Fsp3) is 0.462. The number of nitrogens with zero attached hydrogens (tertiary/aromatic N) is 3. The SMILES string of the molecule is N#Cc1cc([N+](=O)[O-])cnc1NC1CCCC(C(=O)O)C1. The zero-order chi connectivity index (χ0) is 15.4. The molecule has 0 saturated heterocycles. The van der Waals surface area contributed by atoms with Gasteiger partial charge in [0.2, 0.25) is 0 Å². The highest BCUT2D eigenvalue weighted by molar-refractivity contribution is 5.70. The van der Waals surface area contributed by atoms with Crippen molar-refractivity contribution in [2.24, 2.45) is 5.92 Å². The largest absolute Gasteiger partial charge is 0.481 e. The summed E-state index contributed by atoms with van der Waals surface area (Å²) >= 11 is 0. The molecule has 8 heteroatoms. The second-order valence-electron chi connectivity index (χ2n) is 5.00. The van der Waals surface area contributed by atoms with Gasteiger partial charge in [-0.25, -0.2) is 4.98 Å². The van der Waals surface area contributed by atoms with Crippen LogP contribution in [0.3, 0.4) is 0 Å². The molecule has 1 aromatic heterocycles. The van der Waals surface area contributed by atoms with Crippen LogP contribution in [-0.2, 0) is 4.79 Å². The molecule has 21 heavy (non-hydrogen) atoms. The van der Waals surface area contributed by atoms with Gasteiger partial charge >= 0.3 is 5.97 Å². The van der Waals surface area contributed by atoms with Gasteiger partial charge in [0.05, 0.1) is 10.8 Å². The average Bonchev–Trinajstić information content (AvgIpc) is 2.47. The van der Waals surface area contributed by atoms with Crippen LogP contribution in [0.2, 0.25) is 0 Å². The molecule has 0 aliphatic heterocycles. The topological polar surface area (TPSA) is 129 Å². The van der Waals surface area contributed by atoms with E-state index >= 15 is 0 Å². The third-order valence-corrected chi connectivity index (χ3v) is 3.57. The minimum Gasteiger partial charge on any atom is -0.481 e. The van der Waals surface area contributed by atoms with E-state index in [4.69, 9.17) is 10.4 Å². The molecule has 110 valence electrons. The Balaban J connectivity index is 2.14. The van der Waals surface area contributed by atoms with Crippen molar-refractivity contribution in [3.63, 3.8) is 0 Å². The van der Waals surface area contributed by atoms with Gasteiger partial charge in [-0.2, -0.15) is 5.26 Å². The van der Waals surface area contributed by atoms with E-state index in [1.54, 1.807) is 0 Å². The van der Waals surface area contributed by atoms with Crippen LogP contribution in [0.15, 0.2) is 12.3 Å². The average molecular weight is 290 g/mol. The van der Waals surface area contributed by atoms with Crippen LogP contribution in [0.25, 0.3) is 0 Å². The lowest BCUT2D eigenvalue weighted by Crippen LogP contribution is -2.31. The number of hydrogen-bond donors (Lipinski definition) is 2. The number of nitro groups is 1. The van der Waals surface area contributed by atoms with Crippen molar-refractivity contribution in [3.8, 4) is 6.07 Å². The lowest BCUT2D eigenvalue weighted by molar-refractivity contribution is -0.385. The van der Waals surface area contributed by atoms with Crippen LogP contribution in [0.1, 0.15) is 31.2 Å². The number of aromatic nitrogens is 1. The highest BCUT2D eigenvalue weighted by Crippen LogP contribution is 2.28. The second-order valence-corrected chi connectivity index (χ2v) is 5.00. The molecule has 0 amide bonds. The second kappa shape index (κ2) is 6.17. The number of pyridine rings is 1. The standard InChI is InChI=1S/C13H14N4O4/c14-6-9-5-11(17(20)21)7-15-12(9)16-10-3-1-2-8(4-10)13(18)19/h5,7-8,10H,1-4H2,(H,15,16)(H,18,19). The molecular formula is C13H14N4O4. The van der Waals surface area contributed by atoms with Crippen LogP contribution >= 0.6 is 0 Å². The zero-order valence-corrected chi connectivity index (χ0v) is 11.2. The van der Waals surface area contributed by atoms with Gasteiger partial charge in [0.25, 0.3) is 5.69 Å². The number of nitriles is 1. The number of carbonyl (C=O) groups is 1. The van der Waals surface area contributed by atoms with E-state index in [-0.39, 0.29) is 23.1 Å². The highest BCUT2D eigenvalue weighted by Gasteiger charge is 2.27. The van der Waals surface area contributed by atoms with E-state index in [1.165, 1.54) is 0 Å². The van der Waals surface area contributed by atoms with Crippen LogP contribution in [-0.4, -0.2) is 27.0 Å². The summed E-state index contributed by atoms with van der Waals surface area (Å²) in [6.07, 6.45) is 3.75. The van der Waals surface area contributed by atoms with Crippen LogP contribution in [0.4, 0.5) is 11.5 Å². The fourth-order valence-corrected chi connectivity index (χ4v) is 2.49. The summed E-state index contributed by atoms with van der Waals surface area (Å²) in [5.41, 5.74) is -0.161. The maximum atomic E-state index is 11.0. The molecule has 2 atom stereocenters. The van der Waals surface area contributed by atoms with Crippen molar-refractivity contribution >= 4 is 17.5 Å². The lowest BCUT2D eigenvalue weighted by atomic mass is 9.86. The van der Waals surface area contributed by atoms with Gasteiger partial charge in [-0.05, 0) is 19.3 Å². The van der Waals surface area contributed by atoms with Crippen LogP contribution in [0.5, 0.6) is 0 Å². The number of rotatable bonds is 4. The maximum absolute atomic E-state index is 11.0. The Bertz CT molecular complexity index is 611. The molecule has 1 aliphatic carbocycles. The molecule has 1 saturated carbocycles. The van der Waals surface area contributed by atoms with Gasteiger partial charge in [0.1, 0.15) is 23.6 Å². The number of nitrogens with one attached hydrogen (secondary N) is 1. The number of carboxylic acids is 1. The maximum Gasteiger partial charge on any atom is 0.306 e. The van der Waals surface area contributed by atoms with Crippen molar-refractivity contribution in [3.05, 3.63) is 27.9 Å². The molecule has 2 unspecified atom stereocenters. The van der Waals surface area contributed by atoms with E-state index in [0.29, 0.717) is 12.8 Å². The summed E-state index contributed by atoms with van der Waals surface area (Å²) in [5.74, 6) is -0.961. The number of hydrogen-bond acceptors (Lipinski definition) is 6. The molecule has 2 rings (SSSR count). The number of anilines is 1. The van der Waals surface area contributed by atoms with Crippen molar-refractivity contribution in [2.45, 2.75) is 31.7 Å². The van der Waals surface area contributed by atoms with Gasteiger partial charge in [0, 0.05) is 12.1 Å². The third-order valence-electron chi connectivity index (χ3n) is 3.57. The molecule has 2 N–H and O–H groups in total. The molecule has 1 heterocycles. The van der Waals surface area contributed by atoms with Gasteiger partial charge < -0.3 is 10.4 Å². The fourth-order valence-electron chi connectivity index (χ4n) is 2.49. The van der Waals surface area contributed by atoms with Crippen molar-refractivity contribution in [1.29, 1.82) is 5.26 Å². The molecule has 1 aromatic rings. The van der Waals surface area contributed by atoms with Crippen molar-refractivity contribution in [2.75, 3.05) is 5.32 Å². The van der Waals surface area contributed by atoms with E-state index in [1.807, 2.05) is 6.07 Å². The Morgan fingerprint density at radius 2 is 2.33 bits per heavy atom. The smallest absolute Gasteiger partial charge is 0.306 e. The summed E-state index contributed by atoms with van der Waals surface area (Å²) in [6, 6.07) is 2.93. The van der Waals surface area contributed by atoms with Crippen molar-refractivity contribution in [1.82, 2.24) is 4.98 Å². The Morgan fingerprint density at radius 3 is 2.95 bits per heavy atom. The molecule has 1 fully saturated rings. The van der Waals surface area contributed by atoms with Gasteiger partial charge in [-0.1, -0.05) is 6.42 Å². The van der Waals surface area contributed by atoms with Crippen molar-refractivity contribution < 1.29 is 14.8 Å². The quantitative estimate of drug-likeness (QED) is 0.640. The van der Waals surface area contributed by atoms with E-state index in [2.05, 4.69) is 10.3 Å². The first kappa shape index (κ1) is 14.7. The first-order valence-electron chi connectivity index (χ1n) is 6.55. The Hall–Kier alpha value is -2.69. The minimum absolute atomic E-state index is 0.0849. The minimum atomic E-state index is -0.821. The normalized spacial score (nSPS) is 21.3. The zero-order valence-electron chi connectivity index (χ0n) is 11.2. The molecule has 8 nitrogen and oxygen atoms in total. The Morgan fingerprint density at radius 1 is 1.57 bits per heavy atom. The van der Waals surface area contributed by atoms with Gasteiger partial charge in [-0.15, -0.1) is 0 Å². The summed E-state index contributed by atoms with van der Waals surface area (Å²) < 4.78 is 0. The van der Waals surface area contributed by atoms with Crippen LogP contribution < -0.4 is 5.32 Å². The number of aliphatic carboxylic acids is 1. The molecule has 0 bridgehead atoms. The summed E-state index contributed by atoms with van der Waals surface area (Å²) in [6.45, 7) is 0. The molecular weight excluding hydrogens is 276 g/mol. The summed E-state index contributed by atoms with van der Waals surface area (Å²) in [4.78, 5) is 25.0. The summed E-state index contributed by atoms with van der Waals surface area (Å²) in [5, 5.41) is 31.8. The molecule has 0 spiro atoms. The van der Waals surface area contributed by atoms with E-state index in [9.17, 15) is 14.9 Å². The first-order chi connectivity index (χ1) is 10.0. The van der Waals surface area contributed by atoms with E-state index < -0.39 is 16.8 Å². The molecule has 0 radical (unpaired) electrons. The highest BCUT2D eigenvalue weighted by atomic mass is 16.6. The lowest BCUT2D eigenvalue weighted by Gasteiger charge is -2.27. The summed E-state index contributed by atoms with van der Waals surface area (Å²) in [7, 11) is 0. The predicted octanol–water partition coefficient (Wildman–Crippen LogP) is 1.92. The number of carboxylic acid groups (broad SMARTS) is 1.